The van der Waals surface area contributed by atoms with E-state index in [-0.39, 0.29) is 0 Å². The Morgan fingerprint density at radius 1 is 1.16 bits per heavy atom. The van der Waals surface area contributed by atoms with Gasteiger partial charge in [0.2, 0.25) is 0 Å². The van der Waals surface area contributed by atoms with Crippen LogP contribution in [0.1, 0.15) is 32.6 Å². The highest BCUT2D eigenvalue weighted by atomic mass is 35.5. The number of unbranched alkanes of at least 4 members (excludes halogenated alkanes) is 3. The molecule has 1 aromatic carbocycles. The van der Waals surface area contributed by atoms with E-state index in [1.807, 2.05) is 0 Å². The summed E-state index contributed by atoms with van der Waals surface area (Å²) in [7, 11) is 0. The van der Waals surface area contributed by atoms with Gasteiger partial charge >= 0.3 is 11.8 Å². The molecule has 0 unspecified atom stereocenters. The number of anilines is 1. The van der Waals surface area contributed by atoms with Crippen LogP contribution in [0, 0.1) is 0 Å². The standard InChI is InChI=1S/C14H19ClN2O2/c1-2-3-4-5-9-16-13(18)14(19)17-12-8-6-7-11(15)10-12/h6-8,10H,2-5,9H2,1H3,(H,16,18)(H,17,19). The van der Waals surface area contributed by atoms with Crippen molar-refractivity contribution in [2.75, 3.05) is 11.9 Å². The third kappa shape index (κ3) is 6.25. The van der Waals surface area contributed by atoms with Gasteiger partial charge in [-0.1, -0.05) is 43.9 Å². The average molecular weight is 283 g/mol. The van der Waals surface area contributed by atoms with Gasteiger partial charge in [-0.2, -0.15) is 0 Å². The summed E-state index contributed by atoms with van der Waals surface area (Å²) < 4.78 is 0. The average Bonchev–Trinajstić information content (AvgIpc) is 2.38. The predicted octanol–water partition coefficient (Wildman–Crippen LogP) is 2.98. The fraction of sp³-hybridized carbons (Fsp3) is 0.429. The summed E-state index contributed by atoms with van der Waals surface area (Å²) in [6, 6.07) is 6.68. The Bertz CT molecular complexity index is 435. The van der Waals surface area contributed by atoms with Crippen molar-refractivity contribution in [1.29, 1.82) is 0 Å². The summed E-state index contributed by atoms with van der Waals surface area (Å²) >= 11 is 5.79. The summed E-state index contributed by atoms with van der Waals surface area (Å²) in [4.78, 5) is 23.1. The molecule has 1 aromatic rings. The lowest BCUT2D eigenvalue weighted by molar-refractivity contribution is -0.136. The van der Waals surface area contributed by atoms with Crippen LogP contribution >= 0.6 is 11.6 Å². The lowest BCUT2D eigenvalue weighted by atomic mass is 10.2. The first-order valence-corrected chi connectivity index (χ1v) is 6.86. The Morgan fingerprint density at radius 2 is 1.95 bits per heavy atom. The second kappa shape index (κ2) is 8.53. The third-order valence-electron chi connectivity index (χ3n) is 2.60. The fourth-order valence-electron chi connectivity index (χ4n) is 1.59. The van der Waals surface area contributed by atoms with Gasteiger partial charge in [0.05, 0.1) is 0 Å². The molecule has 0 saturated heterocycles. The van der Waals surface area contributed by atoms with E-state index in [9.17, 15) is 9.59 Å². The Kier molecular flexibility index (Phi) is 6.97. The SMILES string of the molecule is CCCCCCNC(=O)C(=O)Nc1cccc(Cl)c1. The maximum Gasteiger partial charge on any atom is 0.313 e. The van der Waals surface area contributed by atoms with Crippen molar-refractivity contribution in [2.45, 2.75) is 32.6 Å². The van der Waals surface area contributed by atoms with Crippen LogP contribution in [-0.4, -0.2) is 18.4 Å². The topological polar surface area (TPSA) is 58.2 Å². The molecule has 19 heavy (non-hydrogen) atoms. The van der Waals surface area contributed by atoms with Crippen molar-refractivity contribution in [3.8, 4) is 0 Å². The van der Waals surface area contributed by atoms with E-state index < -0.39 is 11.8 Å². The maximum atomic E-state index is 11.6. The van der Waals surface area contributed by atoms with E-state index in [2.05, 4.69) is 17.6 Å². The smallest absolute Gasteiger partial charge is 0.313 e. The molecular weight excluding hydrogens is 264 g/mol. The molecule has 0 atom stereocenters. The molecule has 0 fully saturated rings. The third-order valence-corrected chi connectivity index (χ3v) is 2.84. The number of amides is 2. The van der Waals surface area contributed by atoms with Gasteiger partial charge in [-0.15, -0.1) is 0 Å². The predicted molar refractivity (Wildman–Crippen MR) is 77.2 cm³/mol. The summed E-state index contributed by atoms with van der Waals surface area (Å²) in [5, 5.41) is 5.60. The van der Waals surface area contributed by atoms with Gasteiger partial charge in [0, 0.05) is 17.3 Å². The number of nitrogens with one attached hydrogen (secondary N) is 2. The minimum Gasteiger partial charge on any atom is -0.348 e. The first kappa shape index (κ1) is 15.5. The molecule has 1 rings (SSSR count). The first-order valence-electron chi connectivity index (χ1n) is 6.48. The molecule has 4 nitrogen and oxygen atoms in total. The van der Waals surface area contributed by atoms with Crippen LogP contribution in [0.25, 0.3) is 0 Å². The lowest BCUT2D eigenvalue weighted by Crippen LogP contribution is -2.35. The van der Waals surface area contributed by atoms with E-state index in [0.29, 0.717) is 17.3 Å². The van der Waals surface area contributed by atoms with Crippen LogP contribution in [0.4, 0.5) is 5.69 Å². The second-order valence-corrected chi connectivity index (χ2v) is 4.72. The molecule has 0 bridgehead atoms. The number of hydrogen-bond donors (Lipinski definition) is 2. The minimum atomic E-state index is -0.669. The molecule has 0 saturated carbocycles. The van der Waals surface area contributed by atoms with Crippen LogP contribution in [-0.2, 0) is 9.59 Å². The number of halogens is 1. The highest BCUT2D eigenvalue weighted by Crippen LogP contribution is 2.14. The Labute approximate surface area is 118 Å². The summed E-state index contributed by atoms with van der Waals surface area (Å²) in [5.41, 5.74) is 0.513. The van der Waals surface area contributed by atoms with Gasteiger partial charge in [-0.25, -0.2) is 0 Å². The zero-order valence-electron chi connectivity index (χ0n) is 11.0. The lowest BCUT2D eigenvalue weighted by Gasteiger charge is -2.06. The van der Waals surface area contributed by atoms with Gasteiger partial charge in [-0.05, 0) is 24.6 Å². The van der Waals surface area contributed by atoms with Crippen LogP contribution in [0.2, 0.25) is 5.02 Å². The number of carbonyl (C=O) groups is 2. The van der Waals surface area contributed by atoms with E-state index in [1.165, 1.54) is 0 Å². The quantitative estimate of drug-likeness (QED) is 0.622. The monoisotopic (exact) mass is 282 g/mol. The van der Waals surface area contributed by atoms with Gasteiger partial charge in [0.15, 0.2) is 0 Å². The zero-order chi connectivity index (χ0) is 14.1. The van der Waals surface area contributed by atoms with Gasteiger partial charge in [0.1, 0.15) is 0 Å². The Morgan fingerprint density at radius 3 is 2.63 bits per heavy atom. The van der Waals surface area contributed by atoms with Crippen molar-refractivity contribution < 1.29 is 9.59 Å². The van der Waals surface area contributed by atoms with E-state index in [4.69, 9.17) is 11.6 Å². The van der Waals surface area contributed by atoms with Gasteiger partial charge < -0.3 is 10.6 Å². The number of rotatable bonds is 6. The van der Waals surface area contributed by atoms with Crippen LogP contribution < -0.4 is 10.6 Å². The Balaban J connectivity index is 2.31. The van der Waals surface area contributed by atoms with Crippen LogP contribution in [0.15, 0.2) is 24.3 Å². The number of carbonyl (C=O) groups excluding carboxylic acids is 2. The Hall–Kier alpha value is -1.55. The van der Waals surface area contributed by atoms with E-state index >= 15 is 0 Å². The van der Waals surface area contributed by atoms with Crippen molar-refractivity contribution in [3.63, 3.8) is 0 Å². The van der Waals surface area contributed by atoms with Crippen molar-refractivity contribution in [1.82, 2.24) is 5.32 Å². The number of benzene rings is 1. The molecule has 0 aliphatic rings. The molecule has 2 amide bonds. The highest BCUT2D eigenvalue weighted by molar-refractivity contribution is 6.39. The van der Waals surface area contributed by atoms with Crippen molar-refractivity contribution in [3.05, 3.63) is 29.3 Å². The molecule has 104 valence electrons. The van der Waals surface area contributed by atoms with Crippen molar-refractivity contribution >= 4 is 29.1 Å². The second-order valence-electron chi connectivity index (χ2n) is 4.28. The molecule has 5 heteroatoms. The van der Waals surface area contributed by atoms with Crippen LogP contribution in [0.3, 0.4) is 0 Å². The first-order chi connectivity index (χ1) is 9.13. The van der Waals surface area contributed by atoms with E-state index in [0.717, 1.165) is 25.7 Å². The van der Waals surface area contributed by atoms with Crippen LogP contribution in [0.5, 0.6) is 0 Å². The largest absolute Gasteiger partial charge is 0.348 e. The fourth-order valence-corrected chi connectivity index (χ4v) is 1.78. The molecule has 0 aliphatic heterocycles. The molecule has 0 aliphatic carbocycles. The van der Waals surface area contributed by atoms with Gasteiger partial charge in [-0.3, -0.25) is 9.59 Å². The number of hydrogen-bond acceptors (Lipinski definition) is 2. The summed E-state index contributed by atoms with van der Waals surface area (Å²) in [6.07, 6.45) is 4.24. The molecule has 0 heterocycles. The minimum absolute atomic E-state index is 0.512. The maximum absolute atomic E-state index is 11.6. The molecule has 0 aromatic heterocycles. The molecule has 0 radical (unpaired) electrons. The molecule has 2 N–H and O–H groups in total. The van der Waals surface area contributed by atoms with Gasteiger partial charge in [0.25, 0.3) is 0 Å². The zero-order valence-corrected chi connectivity index (χ0v) is 11.8. The summed E-state index contributed by atoms with van der Waals surface area (Å²) in [5.74, 6) is -1.28. The van der Waals surface area contributed by atoms with Crippen molar-refractivity contribution in [2.24, 2.45) is 0 Å². The highest BCUT2D eigenvalue weighted by Gasteiger charge is 2.12. The van der Waals surface area contributed by atoms with E-state index in [1.54, 1.807) is 24.3 Å². The normalized spacial score (nSPS) is 10.0. The molecular formula is C14H19ClN2O2. The summed E-state index contributed by atoms with van der Waals surface area (Å²) in [6.45, 7) is 2.65. The molecule has 0 spiro atoms.